The van der Waals surface area contributed by atoms with Gasteiger partial charge in [-0.05, 0) is 33.6 Å². The van der Waals surface area contributed by atoms with Crippen molar-refractivity contribution in [3.63, 3.8) is 0 Å². The maximum atomic E-state index is 12.2. The largest absolute Gasteiger partial charge is 0.444 e. The summed E-state index contributed by atoms with van der Waals surface area (Å²) in [6.07, 6.45) is 3.08. The van der Waals surface area contributed by atoms with E-state index >= 15 is 0 Å². The van der Waals surface area contributed by atoms with Crippen molar-refractivity contribution in [2.75, 3.05) is 27.2 Å². The maximum absolute atomic E-state index is 12.2. The lowest BCUT2D eigenvalue weighted by atomic mass is 10.1. The summed E-state index contributed by atoms with van der Waals surface area (Å²) in [6.45, 7) is 6.73. The van der Waals surface area contributed by atoms with Gasteiger partial charge in [0.15, 0.2) is 5.69 Å². The number of rotatable bonds is 2. The van der Waals surface area contributed by atoms with Crippen LogP contribution in [0.5, 0.6) is 0 Å². The Balaban J connectivity index is 2.04. The van der Waals surface area contributed by atoms with Gasteiger partial charge in [-0.25, -0.2) is 9.48 Å². The summed E-state index contributed by atoms with van der Waals surface area (Å²) in [5, 5.41) is 7.98. The third-order valence-electron chi connectivity index (χ3n) is 3.56. The van der Waals surface area contributed by atoms with E-state index in [0.717, 1.165) is 12.8 Å². The third-order valence-corrected chi connectivity index (χ3v) is 3.56. The SMILES string of the molecule is CN(C)C(=O)c1cn([C@H]2CCCN(C(=O)OC(C)(C)C)C2)nn1. The fraction of sp³-hybridized carbons (Fsp3) is 0.733. The van der Waals surface area contributed by atoms with Crippen molar-refractivity contribution in [1.82, 2.24) is 24.8 Å². The average Bonchev–Trinajstić information content (AvgIpc) is 2.94. The Kier molecular flexibility index (Phi) is 4.91. The van der Waals surface area contributed by atoms with E-state index in [9.17, 15) is 9.59 Å². The number of piperidine rings is 1. The Morgan fingerprint density at radius 2 is 2.04 bits per heavy atom. The highest BCUT2D eigenvalue weighted by Crippen LogP contribution is 2.22. The Morgan fingerprint density at radius 3 is 2.65 bits per heavy atom. The molecular weight excluding hydrogens is 298 g/mol. The fourth-order valence-electron chi connectivity index (χ4n) is 2.45. The molecule has 0 N–H and O–H groups in total. The molecule has 2 heterocycles. The number of hydrogen-bond acceptors (Lipinski definition) is 5. The number of hydrogen-bond donors (Lipinski definition) is 0. The molecule has 0 unspecified atom stereocenters. The number of carbonyl (C=O) groups is 2. The van der Waals surface area contributed by atoms with Crippen LogP contribution in [-0.4, -0.2) is 69.6 Å². The molecule has 1 fully saturated rings. The number of amides is 2. The molecule has 128 valence electrons. The van der Waals surface area contributed by atoms with E-state index in [-0.39, 0.29) is 18.0 Å². The number of nitrogens with zero attached hydrogens (tertiary/aromatic N) is 5. The number of aromatic nitrogens is 3. The van der Waals surface area contributed by atoms with E-state index in [1.807, 2.05) is 20.8 Å². The maximum Gasteiger partial charge on any atom is 0.410 e. The summed E-state index contributed by atoms with van der Waals surface area (Å²) < 4.78 is 7.09. The molecule has 8 nitrogen and oxygen atoms in total. The lowest BCUT2D eigenvalue weighted by molar-refractivity contribution is 0.0166. The summed E-state index contributed by atoms with van der Waals surface area (Å²) >= 11 is 0. The zero-order chi connectivity index (χ0) is 17.2. The van der Waals surface area contributed by atoms with Crippen molar-refractivity contribution in [2.45, 2.75) is 45.3 Å². The first kappa shape index (κ1) is 17.2. The smallest absolute Gasteiger partial charge is 0.410 e. The van der Waals surface area contributed by atoms with E-state index in [1.54, 1.807) is 29.9 Å². The van der Waals surface area contributed by atoms with E-state index < -0.39 is 5.60 Å². The Morgan fingerprint density at radius 1 is 1.35 bits per heavy atom. The summed E-state index contributed by atoms with van der Waals surface area (Å²) in [7, 11) is 3.35. The fourth-order valence-corrected chi connectivity index (χ4v) is 2.45. The van der Waals surface area contributed by atoms with E-state index in [1.165, 1.54) is 4.90 Å². The molecule has 0 aliphatic carbocycles. The molecule has 0 spiro atoms. The molecule has 0 aromatic carbocycles. The second kappa shape index (κ2) is 6.55. The zero-order valence-electron chi connectivity index (χ0n) is 14.4. The van der Waals surface area contributed by atoms with Gasteiger partial charge in [-0.1, -0.05) is 5.21 Å². The molecule has 1 aromatic heterocycles. The van der Waals surface area contributed by atoms with Crippen LogP contribution < -0.4 is 0 Å². The minimum Gasteiger partial charge on any atom is -0.444 e. The number of ether oxygens (including phenoxy) is 1. The first-order valence-corrected chi connectivity index (χ1v) is 7.79. The Bertz CT molecular complexity index is 576. The highest BCUT2D eigenvalue weighted by atomic mass is 16.6. The molecule has 8 heteroatoms. The molecule has 23 heavy (non-hydrogen) atoms. The second-order valence-electron chi connectivity index (χ2n) is 7.01. The Hall–Kier alpha value is -2.12. The minimum atomic E-state index is -0.511. The van der Waals surface area contributed by atoms with E-state index in [4.69, 9.17) is 4.74 Å². The van der Waals surface area contributed by atoms with Gasteiger partial charge in [0.2, 0.25) is 0 Å². The molecule has 1 aliphatic rings. The van der Waals surface area contributed by atoms with Gasteiger partial charge >= 0.3 is 6.09 Å². The van der Waals surface area contributed by atoms with Gasteiger partial charge in [0.1, 0.15) is 5.60 Å². The summed E-state index contributed by atoms with van der Waals surface area (Å²) in [5.41, 5.74) is -0.202. The van der Waals surface area contributed by atoms with Crippen molar-refractivity contribution in [3.05, 3.63) is 11.9 Å². The normalized spacial score (nSPS) is 18.7. The van der Waals surface area contributed by atoms with E-state index in [0.29, 0.717) is 18.8 Å². The third kappa shape index (κ3) is 4.43. The second-order valence-corrected chi connectivity index (χ2v) is 7.01. The topological polar surface area (TPSA) is 80.6 Å². The quantitative estimate of drug-likeness (QED) is 0.825. The lowest BCUT2D eigenvalue weighted by Gasteiger charge is -2.33. The molecule has 0 bridgehead atoms. The van der Waals surface area contributed by atoms with Crippen LogP contribution in [0.15, 0.2) is 6.20 Å². The van der Waals surface area contributed by atoms with Gasteiger partial charge in [0.05, 0.1) is 12.2 Å². The van der Waals surface area contributed by atoms with E-state index in [2.05, 4.69) is 10.3 Å². The van der Waals surface area contributed by atoms with Gasteiger partial charge in [-0.3, -0.25) is 4.79 Å². The van der Waals surface area contributed by atoms with Crippen molar-refractivity contribution in [1.29, 1.82) is 0 Å². The van der Waals surface area contributed by atoms with Crippen LogP contribution in [0.2, 0.25) is 0 Å². The van der Waals surface area contributed by atoms with Crippen molar-refractivity contribution in [3.8, 4) is 0 Å². The molecule has 1 atom stereocenters. The van der Waals surface area contributed by atoms with Crippen LogP contribution in [0, 0.1) is 0 Å². The molecular formula is C15H25N5O3. The highest BCUT2D eigenvalue weighted by Gasteiger charge is 2.29. The molecule has 1 aromatic rings. The predicted octanol–water partition coefficient (Wildman–Crippen LogP) is 1.55. The lowest BCUT2D eigenvalue weighted by Crippen LogP contribution is -2.43. The van der Waals surface area contributed by atoms with Gasteiger partial charge in [-0.15, -0.1) is 5.10 Å². The minimum absolute atomic E-state index is 0.00693. The van der Waals surface area contributed by atoms with Crippen LogP contribution in [-0.2, 0) is 4.74 Å². The van der Waals surface area contributed by atoms with Crippen molar-refractivity contribution < 1.29 is 14.3 Å². The molecule has 2 amide bonds. The van der Waals surface area contributed by atoms with Gasteiger partial charge in [-0.2, -0.15) is 0 Å². The average molecular weight is 323 g/mol. The van der Waals surface area contributed by atoms with Gasteiger partial charge < -0.3 is 14.5 Å². The van der Waals surface area contributed by atoms with Crippen molar-refractivity contribution in [2.24, 2.45) is 0 Å². The summed E-state index contributed by atoms with van der Waals surface area (Å²) in [5.74, 6) is -0.184. The number of likely N-dealkylation sites (tertiary alicyclic amines) is 1. The molecule has 0 radical (unpaired) electrons. The Labute approximate surface area is 136 Å². The monoisotopic (exact) mass is 323 g/mol. The summed E-state index contributed by atoms with van der Waals surface area (Å²) in [4.78, 5) is 27.2. The van der Waals surface area contributed by atoms with Crippen LogP contribution in [0.1, 0.15) is 50.1 Å². The molecule has 2 rings (SSSR count). The first-order chi connectivity index (χ1) is 10.7. The molecule has 1 saturated heterocycles. The van der Waals surface area contributed by atoms with Crippen LogP contribution in [0.3, 0.4) is 0 Å². The number of carbonyl (C=O) groups excluding carboxylic acids is 2. The highest BCUT2D eigenvalue weighted by molar-refractivity contribution is 5.91. The molecule has 1 aliphatic heterocycles. The zero-order valence-corrected chi connectivity index (χ0v) is 14.4. The van der Waals surface area contributed by atoms with Gasteiger partial charge in [0.25, 0.3) is 5.91 Å². The van der Waals surface area contributed by atoms with Gasteiger partial charge in [0, 0.05) is 27.2 Å². The molecule has 0 saturated carbocycles. The van der Waals surface area contributed by atoms with Crippen LogP contribution in [0.25, 0.3) is 0 Å². The predicted molar refractivity (Wildman–Crippen MR) is 84.1 cm³/mol. The van der Waals surface area contributed by atoms with Crippen molar-refractivity contribution >= 4 is 12.0 Å². The first-order valence-electron chi connectivity index (χ1n) is 7.79. The van der Waals surface area contributed by atoms with Crippen LogP contribution >= 0.6 is 0 Å². The standard InChI is InChI=1S/C15H25N5O3/c1-15(2,3)23-14(22)19-8-6-7-11(9-19)20-10-12(16-17-20)13(21)18(4)5/h10-11H,6-9H2,1-5H3/t11-/m0/s1. The van der Waals surface area contributed by atoms with Crippen LogP contribution in [0.4, 0.5) is 4.79 Å². The summed E-state index contributed by atoms with van der Waals surface area (Å²) in [6, 6.07) is 0.00693.